The van der Waals surface area contributed by atoms with E-state index in [2.05, 4.69) is 4.98 Å². The van der Waals surface area contributed by atoms with Crippen molar-refractivity contribution in [3.8, 4) is 0 Å². The van der Waals surface area contributed by atoms with Crippen LogP contribution in [0.15, 0.2) is 46.7 Å². The van der Waals surface area contributed by atoms with Crippen molar-refractivity contribution in [2.45, 2.75) is 16.3 Å². The molecule has 8 nitrogen and oxygen atoms in total. The molecule has 2 aromatic rings. The molecule has 0 aliphatic carbocycles. The Bertz CT molecular complexity index is 987. The number of sulfonamides is 2. The Kier molecular flexibility index (Phi) is 5.15. The van der Waals surface area contributed by atoms with Gasteiger partial charge in [-0.25, -0.2) is 26.2 Å². The maximum Gasteiger partial charge on any atom is 0.262 e. The van der Waals surface area contributed by atoms with Crippen LogP contribution in [-0.2, 0) is 27.1 Å². The number of aromatic nitrogens is 2. The van der Waals surface area contributed by atoms with Crippen LogP contribution in [-0.4, -0.2) is 61.2 Å². The van der Waals surface area contributed by atoms with Gasteiger partial charge in [0.05, 0.1) is 11.2 Å². The summed E-state index contributed by atoms with van der Waals surface area (Å²) in [7, 11) is -5.91. The Hall–Kier alpha value is -1.82. The van der Waals surface area contributed by atoms with E-state index in [1.165, 1.54) is 37.8 Å². The summed E-state index contributed by atoms with van der Waals surface area (Å²) in [6.45, 7) is 0.438. The van der Waals surface area contributed by atoms with Gasteiger partial charge in [0.2, 0.25) is 10.0 Å². The van der Waals surface area contributed by atoms with Gasteiger partial charge in [0.15, 0.2) is 5.03 Å². The van der Waals surface area contributed by atoms with Gasteiger partial charge in [-0.3, -0.25) is 0 Å². The van der Waals surface area contributed by atoms with Gasteiger partial charge in [-0.1, -0.05) is 0 Å². The summed E-state index contributed by atoms with van der Waals surface area (Å²) >= 11 is 0. The summed E-state index contributed by atoms with van der Waals surface area (Å²) in [4.78, 5) is 3.87. The van der Waals surface area contributed by atoms with E-state index in [9.17, 15) is 21.2 Å². The summed E-state index contributed by atoms with van der Waals surface area (Å²) < 4.78 is 67.8. The minimum Gasteiger partial charge on any atom is -0.339 e. The second kappa shape index (κ2) is 7.06. The summed E-state index contributed by atoms with van der Waals surface area (Å²) in [5, 5.41) is -0.0603. The molecule has 1 fully saturated rings. The SMILES string of the molecule is Cn1cnc(S(=O)(=O)N2CCCN(S(=O)(=O)c3ccc(F)cc3)CC2)c1. The average molecular weight is 402 g/mol. The first-order valence-electron chi connectivity index (χ1n) is 7.95. The molecule has 1 aromatic carbocycles. The van der Waals surface area contributed by atoms with E-state index in [0.29, 0.717) is 6.42 Å². The van der Waals surface area contributed by atoms with Crippen LogP contribution in [0.5, 0.6) is 0 Å². The molecule has 1 saturated heterocycles. The van der Waals surface area contributed by atoms with Crippen molar-refractivity contribution in [2.24, 2.45) is 7.05 Å². The molecule has 11 heteroatoms. The van der Waals surface area contributed by atoms with Crippen molar-refractivity contribution in [3.63, 3.8) is 0 Å². The fourth-order valence-electron chi connectivity index (χ4n) is 2.76. The van der Waals surface area contributed by atoms with E-state index >= 15 is 0 Å². The molecule has 0 saturated carbocycles. The Morgan fingerprint density at radius 3 is 2.04 bits per heavy atom. The zero-order valence-corrected chi connectivity index (χ0v) is 15.7. The number of benzene rings is 1. The molecule has 1 aromatic heterocycles. The standard InChI is InChI=1S/C15H19FN4O4S2/c1-18-11-15(17-12-18)26(23,24)20-8-2-7-19(9-10-20)25(21,22)14-5-3-13(16)4-6-14/h3-6,11-12H,2,7-10H2,1H3. The van der Waals surface area contributed by atoms with Crippen molar-refractivity contribution in [1.82, 2.24) is 18.2 Å². The van der Waals surface area contributed by atoms with Gasteiger partial charge in [-0.2, -0.15) is 8.61 Å². The number of hydrogen-bond acceptors (Lipinski definition) is 5. The average Bonchev–Trinajstić information content (AvgIpc) is 2.88. The molecule has 0 atom stereocenters. The predicted molar refractivity (Wildman–Crippen MR) is 91.7 cm³/mol. The third kappa shape index (κ3) is 3.65. The lowest BCUT2D eigenvalue weighted by Gasteiger charge is -2.21. The van der Waals surface area contributed by atoms with E-state index in [4.69, 9.17) is 0 Å². The normalized spacial score (nSPS) is 17.9. The van der Waals surface area contributed by atoms with Crippen molar-refractivity contribution in [2.75, 3.05) is 26.2 Å². The van der Waals surface area contributed by atoms with Crippen LogP contribution >= 0.6 is 0 Å². The first kappa shape index (κ1) is 19.0. The van der Waals surface area contributed by atoms with Gasteiger partial charge in [-0.05, 0) is 30.7 Å². The van der Waals surface area contributed by atoms with E-state index in [0.717, 1.165) is 12.1 Å². The minimum atomic E-state index is -3.81. The number of hydrogen-bond donors (Lipinski definition) is 0. The monoisotopic (exact) mass is 402 g/mol. The molecule has 0 spiro atoms. The number of imidazole rings is 1. The van der Waals surface area contributed by atoms with Crippen molar-refractivity contribution in [3.05, 3.63) is 42.6 Å². The predicted octanol–water partition coefficient (Wildman–Crippen LogP) is 0.644. The molecule has 26 heavy (non-hydrogen) atoms. The number of aryl methyl sites for hydroxylation is 1. The van der Waals surface area contributed by atoms with Gasteiger partial charge < -0.3 is 4.57 Å². The summed E-state index contributed by atoms with van der Waals surface area (Å²) in [5.74, 6) is -0.521. The maximum absolute atomic E-state index is 13.0. The van der Waals surface area contributed by atoms with Crippen LogP contribution in [0.3, 0.4) is 0 Å². The molecule has 0 unspecified atom stereocenters. The van der Waals surface area contributed by atoms with E-state index < -0.39 is 25.9 Å². The first-order chi connectivity index (χ1) is 12.2. The molecule has 0 amide bonds. The van der Waals surface area contributed by atoms with Crippen LogP contribution in [0.4, 0.5) is 4.39 Å². The van der Waals surface area contributed by atoms with Crippen molar-refractivity contribution in [1.29, 1.82) is 0 Å². The van der Waals surface area contributed by atoms with Gasteiger partial charge in [0.1, 0.15) is 5.82 Å². The van der Waals surface area contributed by atoms with E-state index in [1.54, 1.807) is 7.05 Å². The molecule has 0 bridgehead atoms. The Morgan fingerprint density at radius 1 is 0.923 bits per heavy atom. The lowest BCUT2D eigenvalue weighted by atomic mass is 10.4. The maximum atomic E-state index is 13.0. The molecule has 0 radical (unpaired) electrons. The molecule has 142 valence electrons. The van der Waals surface area contributed by atoms with E-state index in [1.807, 2.05) is 0 Å². The third-order valence-electron chi connectivity index (χ3n) is 4.15. The van der Waals surface area contributed by atoms with E-state index in [-0.39, 0.29) is 36.1 Å². The van der Waals surface area contributed by atoms with Crippen LogP contribution < -0.4 is 0 Å². The Labute approximate surface area is 152 Å². The van der Waals surface area contributed by atoms with Crippen molar-refractivity contribution >= 4 is 20.0 Å². The van der Waals surface area contributed by atoms with Gasteiger partial charge >= 0.3 is 0 Å². The minimum absolute atomic E-state index is 0.0140. The molecular weight excluding hydrogens is 383 g/mol. The molecule has 1 aliphatic rings. The Morgan fingerprint density at radius 2 is 1.50 bits per heavy atom. The zero-order valence-electron chi connectivity index (χ0n) is 14.1. The highest BCUT2D eigenvalue weighted by Crippen LogP contribution is 2.21. The van der Waals surface area contributed by atoms with Crippen LogP contribution in [0.1, 0.15) is 6.42 Å². The number of halogens is 1. The first-order valence-corrected chi connectivity index (χ1v) is 10.8. The quantitative estimate of drug-likeness (QED) is 0.749. The summed E-state index contributed by atoms with van der Waals surface area (Å²) in [6.07, 6.45) is 3.16. The fourth-order valence-corrected chi connectivity index (χ4v) is 5.67. The second-order valence-electron chi connectivity index (χ2n) is 5.99. The smallest absolute Gasteiger partial charge is 0.262 e. The van der Waals surface area contributed by atoms with Crippen LogP contribution in [0.25, 0.3) is 0 Å². The van der Waals surface area contributed by atoms with Crippen LogP contribution in [0, 0.1) is 5.82 Å². The van der Waals surface area contributed by atoms with Gasteiger partial charge in [0, 0.05) is 39.4 Å². The highest BCUT2D eigenvalue weighted by Gasteiger charge is 2.32. The molecular formula is C15H19FN4O4S2. The van der Waals surface area contributed by atoms with Crippen molar-refractivity contribution < 1.29 is 21.2 Å². The zero-order chi connectivity index (χ0) is 18.9. The summed E-state index contributed by atoms with van der Waals surface area (Å²) in [5.41, 5.74) is 0. The largest absolute Gasteiger partial charge is 0.339 e. The lowest BCUT2D eigenvalue weighted by molar-refractivity contribution is 0.403. The molecule has 3 rings (SSSR count). The molecule has 1 aliphatic heterocycles. The molecule has 2 heterocycles. The number of rotatable bonds is 4. The van der Waals surface area contributed by atoms with Gasteiger partial charge in [0.25, 0.3) is 10.0 Å². The Balaban J connectivity index is 1.79. The van der Waals surface area contributed by atoms with Crippen LogP contribution in [0.2, 0.25) is 0 Å². The fraction of sp³-hybridized carbons (Fsp3) is 0.400. The molecule has 0 N–H and O–H groups in total. The number of nitrogens with zero attached hydrogens (tertiary/aromatic N) is 4. The summed E-state index contributed by atoms with van der Waals surface area (Å²) in [6, 6.07) is 4.58. The second-order valence-corrected chi connectivity index (χ2v) is 9.82. The highest BCUT2D eigenvalue weighted by atomic mass is 32.2. The highest BCUT2D eigenvalue weighted by molar-refractivity contribution is 7.89. The lowest BCUT2D eigenvalue weighted by Crippen LogP contribution is -2.37. The topological polar surface area (TPSA) is 92.6 Å². The third-order valence-corrected chi connectivity index (χ3v) is 7.85. The van der Waals surface area contributed by atoms with Gasteiger partial charge in [-0.15, -0.1) is 0 Å².